The van der Waals surface area contributed by atoms with Crippen LogP contribution in [0.3, 0.4) is 0 Å². The molecule has 2 aromatic carbocycles. The van der Waals surface area contributed by atoms with E-state index in [2.05, 4.69) is 45.3 Å². The summed E-state index contributed by atoms with van der Waals surface area (Å²) in [4.78, 5) is 17.1. The first-order valence-corrected chi connectivity index (χ1v) is 13.3. The second-order valence-corrected chi connectivity index (χ2v) is 10.3. The molecule has 0 bridgehead atoms. The number of likely N-dealkylation sites (tertiary alicyclic amines) is 1. The van der Waals surface area contributed by atoms with E-state index in [0.29, 0.717) is 31.0 Å². The summed E-state index contributed by atoms with van der Waals surface area (Å²) in [5.41, 5.74) is 3.32. The number of hydrogen-bond donors (Lipinski definition) is 2. The van der Waals surface area contributed by atoms with Crippen molar-refractivity contribution in [2.24, 2.45) is 0 Å². The van der Waals surface area contributed by atoms with Gasteiger partial charge in [-0.3, -0.25) is 0 Å². The minimum absolute atomic E-state index is 0.291. The van der Waals surface area contributed by atoms with Gasteiger partial charge in [-0.05, 0) is 57.3 Å². The summed E-state index contributed by atoms with van der Waals surface area (Å²) >= 11 is 0. The molecule has 190 valence electrons. The molecule has 0 aliphatic carbocycles. The Labute approximate surface area is 212 Å². The first kappa shape index (κ1) is 23.3. The van der Waals surface area contributed by atoms with E-state index in [0.717, 1.165) is 86.5 Å². The van der Waals surface area contributed by atoms with E-state index in [1.54, 1.807) is 0 Å². The highest BCUT2D eigenvalue weighted by atomic mass is 16.5. The Balaban J connectivity index is 1.34. The number of aromatic hydroxyl groups is 1. The number of anilines is 2. The molecule has 3 aliphatic rings. The molecule has 8 nitrogen and oxygen atoms in total. The largest absolute Gasteiger partial charge is 0.508 e. The van der Waals surface area contributed by atoms with Gasteiger partial charge in [0.05, 0.1) is 12.2 Å². The van der Waals surface area contributed by atoms with Gasteiger partial charge >= 0.3 is 6.01 Å². The minimum Gasteiger partial charge on any atom is -0.508 e. The van der Waals surface area contributed by atoms with Gasteiger partial charge in [-0.2, -0.15) is 9.97 Å². The first-order valence-electron chi connectivity index (χ1n) is 13.3. The molecule has 3 aromatic rings. The van der Waals surface area contributed by atoms with Gasteiger partial charge in [-0.25, -0.2) is 0 Å². The van der Waals surface area contributed by atoms with Crippen LogP contribution < -0.4 is 19.9 Å². The zero-order valence-electron chi connectivity index (χ0n) is 21.1. The highest BCUT2D eigenvalue weighted by Crippen LogP contribution is 2.36. The van der Waals surface area contributed by atoms with Crippen LogP contribution in [0.5, 0.6) is 11.8 Å². The molecule has 0 unspecified atom stereocenters. The number of hydrogen-bond acceptors (Lipinski definition) is 8. The summed E-state index contributed by atoms with van der Waals surface area (Å²) in [7, 11) is 2.17. The summed E-state index contributed by atoms with van der Waals surface area (Å²) in [5.74, 6) is 1.33. The highest BCUT2D eigenvalue weighted by molar-refractivity contribution is 5.95. The van der Waals surface area contributed by atoms with Crippen LogP contribution in [0, 0.1) is 0 Å². The fourth-order valence-corrected chi connectivity index (χ4v) is 5.87. The number of rotatable bonds is 5. The molecule has 4 heterocycles. The monoisotopic (exact) mass is 488 g/mol. The van der Waals surface area contributed by atoms with Crippen molar-refractivity contribution in [3.05, 3.63) is 47.7 Å². The van der Waals surface area contributed by atoms with Gasteiger partial charge in [-0.1, -0.05) is 24.3 Å². The van der Waals surface area contributed by atoms with Gasteiger partial charge in [-0.15, -0.1) is 0 Å². The molecular formula is C28H36N6O2. The normalized spacial score (nSPS) is 21.0. The quantitative estimate of drug-likeness (QED) is 0.567. The molecule has 36 heavy (non-hydrogen) atoms. The number of nitrogens with zero attached hydrogens (tertiary/aromatic N) is 5. The predicted octanol–water partition coefficient (Wildman–Crippen LogP) is 3.17. The zero-order chi connectivity index (χ0) is 24.5. The average molecular weight is 489 g/mol. The number of phenols is 1. The standard InChI is InChI=1S/C28H36N6O2/c1-32-12-4-7-21(32)19-36-28-30-25-18-34(26-17-22(35)16-20-6-2-3-8-23(20)26)14-9-24(25)27(31-28)33-13-5-10-29-11-15-33/h2-3,6,8,16-17,21,29,35H,4-5,7,9-15,18-19H2,1H3/t21-/m0/s1. The van der Waals surface area contributed by atoms with E-state index in [1.165, 1.54) is 12.0 Å². The molecule has 0 amide bonds. The van der Waals surface area contributed by atoms with E-state index < -0.39 is 0 Å². The Hall–Kier alpha value is -3.10. The first-order chi connectivity index (χ1) is 17.7. The SMILES string of the molecule is CN1CCC[C@H]1COc1nc2c(c(N3CCCNCC3)n1)CCN(c1cc(O)cc3ccccc13)C2. The van der Waals surface area contributed by atoms with Crippen LogP contribution in [0.1, 0.15) is 30.5 Å². The molecule has 1 atom stereocenters. The van der Waals surface area contributed by atoms with Crippen molar-refractivity contribution >= 4 is 22.3 Å². The molecule has 1 aromatic heterocycles. The van der Waals surface area contributed by atoms with Crippen molar-refractivity contribution in [2.45, 2.75) is 38.3 Å². The number of nitrogens with one attached hydrogen (secondary N) is 1. The van der Waals surface area contributed by atoms with Crippen molar-refractivity contribution in [2.75, 3.05) is 62.7 Å². The topological polar surface area (TPSA) is 77.0 Å². The Morgan fingerprint density at radius 1 is 1.03 bits per heavy atom. The van der Waals surface area contributed by atoms with Crippen LogP contribution in [0.25, 0.3) is 10.8 Å². The van der Waals surface area contributed by atoms with Gasteiger partial charge < -0.3 is 29.9 Å². The van der Waals surface area contributed by atoms with Crippen molar-refractivity contribution in [3.63, 3.8) is 0 Å². The molecule has 0 saturated carbocycles. The molecule has 0 radical (unpaired) electrons. The van der Waals surface area contributed by atoms with E-state index in [-0.39, 0.29) is 0 Å². The van der Waals surface area contributed by atoms with E-state index in [9.17, 15) is 5.11 Å². The lowest BCUT2D eigenvalue weighted by Crippen LogP contribution is -2.36. The maximum absolute atomic E-state index is 10.4. The van der Waals surface area contributed by atoms with Crippen molar-refractivity contribution in [3.8, 4) is 11.8 Å². The van der Waals surface area contributed by atoms with Gasteiger partial charge in [0, 0.05) is 54.9 Å². The third-order valence-electron chi connectivity index (χ3n) is 7.90. The number of fused-ring (bicyclic) bond motifs is 2. The number of aromatic nitrogens is 2. The Morgan fingerprint density at radius 2 is 1.94 bits per heavy atom. The third-order valence-corrected chi connectivity index (χ3v) is 7.90. The van der Waals surface area contributed by atoms with E-state index >= 15 is 0 Å². The summed E-state index contributed by atoms with van der Waals surface area (Å²) in [6.45, 7) is 7.20. The molecule has 0 spiro atoms. The number of benzene rings is 2. The Bertz CT molecular complexity index is 1230. The second-order valence-electron chi connectivity index (χ2n) is 10.3. The Morgan fingerprint density at radius 3 is 2.83 bits per heavy atom. The highest BCUT2D eigenvalue weighted by Gasteiger charge is 2.28. The maximum Gasteiger partial charge on any atom is 0.318 e. The molecule has 8 heteroatoms. The lowest BCUT2D eigenvalue weighted by atomic mass is 10.0. The summed E-state index contributed by atoms with van der Waals surface area (Å²) in [6, 6.07) is 12.9. The van der Waals surface area contributed by atoms with Gasteiger partial charge in [0.1, 0.15) is 18.2 Å². The lowest BCUT2D eigenvalue weighted by molar-refractivity contribution is 0.187. The van der Waals surface area contributed by atoms with Crippen molar-refractivity contribution < 1.29 is 9.84 Å². The van der Waals surface area contributed by atoms with Crippen LogP contribution in [0.4, 0.5) is 11.5 Å². The predicted molar refractivity (Wildman–Crippen MR) is 143 cm³/mol. The van der Waals surface area contributed by atoms with Crippen LogP contribution in [0.15, 0.2) is 36.4 Å². The molecule has 3 aliphatic heterocycles. The number of phenolic OH excluding ortho intramolecular Hbond substituents is 1. The third kappa shape index (κ3) is 4.67. The summed E-state index contributed by atoms with van der Waals surface area (Å²) < 4.78 is 6.25. The molecule has 2 saturated heterocycles. The van der Waals surface area contributed by atoms with Crippen LogP contribution in [0.2, 0.25) is 0 Å². The molecule has 6 rings (SSSR count). The summed E-state index contributed by atoms with van der Waals surface area (Å²) in [6.07, 6.45) is 4.34. The van der Waals surface area contributed by atoms with Crippen LogP contribution in [-0.2, 0) is 13.0 Å². The minimum atomic E-state index is 0.291. The van der Waals surface area contributed by atoms with Crippen molar-refractivity contribution in [1.29, 1.82) is 0 Å². The fraction of sp³-hybridized carbons (Fsp3) is 0.500. The van der Waals surface area contributed by atoms with Crippen LogP contribution >= 0.6 is 0 Å². The molecule has 2 fully saturated rings. The molecular weight excluding hydrogens is 452 g/mol. The maximum atomic E-state index is 10.4. The average Bonchev–Trinajstić information content (AvgIpc) is 3.12. The van der Waals surface area contributed by atoms with Gasteiger partial charge in [0.15, 0.2) is 0 Å². The van der Waals surface area contributed by atoms with Gasteiger partial charge in [0.2, 0.25) is 0 Å². The van der Waals surface area contributed by atoms with E-state index in [4.69, 9.17) is 14.7 Å². The fourth-order valence-electron chi connectivity index (χ4n) is 5.87. The number of ether oxygens (including phenoxy) is 1. The summed E-state index contributed by atoms with van der Waals surface area (Å²) in [5, 5.41) is 16.1. The number of likely N-dealkylation sites (N-methyl/N-ethyl adjacent to an activating group) is 1. The zero-order valence-corrected chi connectivity index (χ0v) is 21.1. The lowest BCUT2D eigenvalue weighted by Gasteiger charge is -2.34. The molecule has 2 N–H and O–H groups in total. The smallest absolute Gasteiger partial charge is 0.318 e. The van der Waals surface area contributed by atoms with Gasteiger partial charge in [0.25, 0.3) is 0 Å². The van der Waals surface area contributed by atoms with E-state index in [1.807, 2.05) is 18.2 Å². The van der Waals surface area contributed by atoms with Crippen LogP contribution in [-0.4, -0.2) is 78.9 Å². The Kier molecular flexibility index (Phi) is 6.54. The van der Waals surface area contributed by atoms with Crippen molar-refractivity contribution in [1.82, 2.24) is 20.2 Å². The second kappa shape index (κ2) is 10.1.